The van der Waals surface area contributed by atoms with Crippen LogP contribution in [0.3, 0.4) is 0 Å². The molecule has 6 nitrogen and oxygen atoms in total. The van der Waals surface area contributed by atoms with Gasteiger partial charge < -0.3 is 5.32 Å². The van der Waals surface area contributed by atoms with Gasteiger partial charge in [0, 0.05) is 17.3 Å². The molecule has 1 heterocycles. The van der Waals surface area contributed by atoms with Gasteiger partial charge in [0.25, 0.3) is 0 Å². The first-order valence-corrected chi connectivity index (χ1v) is 8.70. The Labute approximate surface area is 149 Å². The monoisotopic (exact) mass is 352 g/mol. The Kier molecular flexibility index (Phi) is 4.03. The predicted molar refractivity (Wildman–Crippen MR) is 90.1 cm³/mol. The Hall–Kier alpha value is -3.01. The summed E-state index contributed by atoms with van der Waals surface area (Å²) < 4.78 is 15.6. The van der Waals surface area contributed by atoms with Gasteiger partial charge in [-0.15, -0.1) is 0 Å². The third kappa shape index (κ3) is 2.77. The number of fused-ring (bicyclic) bond motifs is 1. The van der Waals surface area contributed by atoms with Crippen LogP contribution in [0.2, 0.25) is 0 Å². The molecule has 2 aliphatic carbocycles. The summed E-state index contributed by atoms with van der Waals surface area (Å²) in [5, 5.41) is 16.4. The van der Waals surface area contributed by atoms with Crippen LogP contribution in [0.15, 0.2) is 24.3 Å². The van der Waals surface area contributed by atoms with Gasteiger partial charge in [-0.05, 0) is 44.2 Å². The van der Waals surface area contributed by atoms with Crippen LogP contribution < -0.4 is 5.32 Å². The Morgan fingerprint density at radius 1 is 1.31 bits per heavy atom. The molecule has 1 saturated carbocycles. The first-order chi connectivity index (χ1) is 12.6. The van der Waals surface area contributed by atoms with Crippen molar-refractivity contribution in [2.75, 3.05) is 0 Å². The van der Waals surface area contributed by atoms with Gasteiger partial charge in [0.15, 0.2) is 5.92 Å². The number of aromatic nitrogens is 2. The van der Waals surface area contributed by atoms with E-state index >= 15 is 0 Å². The zero-order valence-corrected chi connectivity index (χ0v) is 14.0. The SMILES string of the molecule is N#CC(C(=O)NC1CC1)C(=O)c1nn(-c2ccccc2F)c2c1CCC2. The molecule has 26 heavy (non-hydrogen) atoms. The Balaban J connectivity index is 1.72. The van der Waals surface area contributed by atoms with E-state index in [4.69, 9.17) is 0 Å². The minimum Gasteiger partial charge on any atom is -0.352 e. The van der Waals surface area contributed by atoms with Crippen LogP contribution in [-0.2, 0) is 17.6 Å². The largest absolute Gasteiger partial charge is 0.352 e. The summed E-state index contributed by atoms with van der Waals surface area (Å²) >= 11 is 0. The van der Waals surface area contributed by atoms with E-state index in [1.807, 2.05) is 0 Å². The van der Waals surface area contributed by atoms with Gasteiger partial charge in [0.2, 0.25) is 11.7 Å². The van der Waals surface area contributed by atoms with Gasteiger partial charge >= 0.3 is 0 Å². The predicted octanol–water partition coefficient (Wildman–Crippen LogP) is 2.10. The summed E-state index contributed by atoms with van der Waals surface area (Å²) in [6.45, 7) is 0. The van der Waals surface area contributed by atoms with Crippen molar-refractivity contribution < 1.29 is 14.0 Å². The zero-order valence-electron chi connectivity index (χ0n) is 14.0. The van der Waals surface area contributed by atoms with Gasteiger partial charge in [-0.2, -0.15) is 10.4 Å². The number of amides is 1. The fourth-order valence-corrected chi connectivity index (χ4v) is 3.34. The summed E-state index contributed by atoms with van der Waals surface area (Å²) in [5.74, 6) is -3.05. The van der Waals surface area contributed by atoms with E-state index in [2.05, 4.69) is 10.4 Å². The molecule has 1 aromatic heterocycles. The van der Waals surface area contributed by atoms with E-state index in [-0.39, 0.29) is 17.4 Å². The van der Waals surface area contributed by atoms with Crippen LogP contribution in [0.5, 0.6) is 0 Å². The Bertz CT molecular complexity index is 940. The van der Waals surface area contributed by atoms with Crippen molar-refractivity contribution in [3.63, 3.8) is 0 Å². The number of benzene rings is 1. The number of para-hydroxylation sites is 1. The van der Waals surface area contributed by atoms with Gasteiger partial charge in [0.1, 0.15) is 17.2 Å². The maximum Gasteiger partial charge on any atom is 0.245 e. The van der Waals surface area contributed by atoms with Gasteiger partial charge in [-0.25, -0.2) is 9.07 Å². The average molecular weight is 352 g/mol. The lowest BCUT2D eigenvalue weighted by atomic mass is 9.99. The first kappa shape index (κ1) is 16.5. The molecule has 1 N–H and O–H groups in total. The molecule has 0 aliphatic heterocycles. The van der Waals surface area contributed by atoms with Crippen molar-refractivity contribution in [3.05, 3.63) is 47.0 Å². The summed E-state index contributed by atoms with van der Waals surface area (Å²) in [4.78, 5) is 25.1. The van der Waals surface area contributed by atoms with Gasteiger partial charge in [-0.1, -0.05) is 12.1 Å². The summed E-state index contributed by atoms with van der Waals surface area (Å²) in [6.07, 6.45) is 3.88. The maximum atomic E-state index is 14.2. The molecule has 132 valence electrons. The molecule has 1 atom stereocenters. The minimum atomic E-state index is -1.43. The highest BCUT2D eigenvalue weighted by atomic mass is 19.1. The molecule has 1 fully saturated rings. The van der Waals surface area contributed by atoms with Crippen LogP contribution in [0, 0.1) is 23.1 Å². The lowest BCUT2D eigenvalue weighted by Crippen LogP contribution is -2.36. The molecular formula is C19H17FN4O2. The smallest absolute Gasteiger partial charge is 0.245 e. The normalized spacial score (nSPS) is 16.6. The number of carbonyl (C=O) groups is 2. The number of ketones is 1. The number of halogens is 1. The van der Waals surface area contributed by atoms with Crippen molar-refractivity contribution in [1.29, 1.82) is 5.26 Å². The lowest BCUT2D eigenvalue weighted by Gasteiger charge is -2.08. The van der Waals surface area contributed by atoms with Crippen LogP contribution in [0.1, 0.15) is 41.0 Å². The molecule has 7 heteroatoms. The third-order valence-electron chi connectivity index (χ3n) is 4.82. The molecule has 0 radical (unpaired) electrons. The number of nitriles is 1. The molecule has 0 saturated heterocycles. The zero-order chi connectivity index (χ0) is 18.3. The van der Waals surface area contributed by atoms with Gasteiger partial charge in [-0.3, -0.25) is 9.59 Å². The fourth-order valence-electron chi connectivity index (χ4n) is 3.34. The Morgan fingerprint density at radius 3 is 2.77 bits per heavy atom. The van der Waals surface area contributed by atoms with E-state index in [0.29, 0.717) is 12.8 Å². The highest BCUT2D eigenvalue weighted by Gasteiger charge is 2.36. The number of carbonyl (C=O) groups excluding carboxylic acids is 2. The van der Waals surface area contributed by atoms with E-state index in [9.17, 15) is 19.2 Å². The molecule has 1 amide bonds. The van der Waals surface area contributed by atoms with Gasteiger partial charge in [0.05, 0.1) is 6.07 Å². The molecule has 2 aliphatic rings. The summed E-state index contributed by atoms with van der Waals surface area (Å²) in [7, 11) is 0. The number of rotatable bonds is 5. The standard InChI is InChI=1S/C19H17FN4O2/c20-14-5-1-2-6-16(14)24-15-7-3-4-12(15)17(23-24)18(25)13(10-21)19(26)22-11-8-9-11/h1-2,5-6,11,13H,3-4,7-9H2,(H,22,26). The highest BCUT2D eigenvalue weighted by Crippen LogP contribution is 2.30. The van der Waals surface area contributed by atoms with E-state index in [0.717, 1.165) is 30.5 Å². The van der Waals surface area contributed by atoms with Crippen molar-refractivity contribution in [2.45, 2.75) is 38.1 Å². The van der Waals surface area contributed by atoms with Crippen LogP contribution >= 0.6 is 0 Å². The fraction of sp³-hybridized carbons (Fsp3) is 0.368. The topological polar surface area (TPSA) is 87.8 Å². The number of hydrogen-bond donors (Lipinski definition) is 1. The van der Waals surface area contributed by atoms with Crippen LogP contribution in [-0.4, -0.2) is 27.5 Å². The van der Waals surface area contributed by atoms with Crippen molar-refractivity contribution >= 4 is 11.7 Å². The molecule has 4 rings (SSSR count). The van der Waals surface area contributed by atoms with Crippen LogP contribution in [0.25, 0.3) is 5.69 Å². The maximum absolute atomic E-state index is 14.2. The lowest BCUT2D eigenvalue weighted by molar-refractivity contribution is -0.122. The molecular weight excluding hydrogens is 335 g/mol. The summed E-state index contributed by atoms with van der Waals surface area (Å²) in [6, 6.07) is 8.08. The molecule has 1 aromatic carbocycles. The molecule has 2 aromatic rings. The van der Waals surface area contributed by atoms with Crippen molar-refractivity contribution in [3.8, 4) is 11.8 Å². The second kappa shape index (κ2) is 6.37. The average Bonchev–Trinajstić information content (AvgIpc) is 3.18. The molecule has 0 spiro atoms. The number of nitrogens with one attached hydrogen (secondary N) is 1. The molecule has 0 bridgehead atoms. The third-order valence-corrected chi connectivity index (χ3v) is 4.82. The van der Waals surface area contributed by atoms with Crippen molar-refractivity contribution in [1.82, 2.24) is 15.1 Å². The van der Waals surface area contributed by atoms with E-state index in [1.54, 1.807) is 24.3 Å². The van der Waals surface area contributed by atoms with Crippen LogP contribution in [0.4, 0.5) is 4.39 Å². The van der Waals surface area contributed by atoms with E-state index < -0.39 is 23.4 Å². The molecule has 1 unspecified atom stereocenters. The number of Topliss-reactive ketones (excluding diaryl/α,β-unsaturated/α-hetero) is 1. The summed E-state index contributed by atoms with van der Waals surface area (Å²) in [5.41, 5.74) is 1.87. The number of hydrogen-bond acceptors (Lipinski definition) is 4. The van der Waals surface area contributed by atoms with E-state index in [1.165, 1.54) is 10.7 Å². The Morgan fingerprint density at radius 2 is 2.08 bits per heavy atom. The second-order valence-corrected chi connectivity index (χ2v) is 6.70. The minimum absolute atomic E-state index is 0.0628. The quantitative estimate of drug-likeness (QED) is 0.659. The first-order valence-electron chi connectivity index (χ1n) is 8.70. The van der Waals surface area contributed by atoms with Crippen molar-refractivity contribution in [2.24, 2.45) is 5.92 Å². The second-order valence-electron chi connectivity index (χ2n) is 6.70. The number of nitrogens with zero attached hydrogens (tertiary/aromatic N) is 3. The highest BCUT2D eigenvalue weighted by molar-refractivity contribution is 6.12.